The standard InChI is InChI=1S/C13H18N2O3/c1-3-10-14-12(16)15(13(17)18-4-2)11-8-6-5-7-9-11/h5-9H,3-4,10H2,1-2H3,(H,14,16). The van der Waals surface area contributed by atoms with Crippen molar-refractivity contribution in [2.24, 2.45) is 0 Å². The zero-order valence-corrected chi connectivity index (χ0v) is 10.7. The molecule has 0 aliphatic heterocycles. The number of hydrogen-bond acceptors (Lipinski definition) is 3. The van der Waals surface area contributed by atoms with Gasteiger partial charge in [-0.15, -0.1) is 0 Å². The van der Waals surface area contributed by atoms with Gasteiger partial charge in [0, 0.05) is 6.54 Å². The van der Waals surface area contributed by atoms with Crippen LogP contribution in [0, 0.1) is 0 Å². The Kier molecular flexibility index (Phi) is 5.70. The summed E-state index contributed by atoms with van der Waals surface area (Å²) >= 11 is 0. The lowest BCUT2D eigenvalue weighted by Gasteiger charge is -2.20. The van der Waals surface area contributed by atoms with Crippen LogP contribution in [-0.4, -0.2) is 25.3 Å². The summed E-state index contributed by atoms with van der Waals surface area (Å²) in [5.41, 5.74) is 0.490. The smallest absolute Gasteiger partial charge is 0.422 e. The number of carbonyl (C=O) groups excluding carboxylic acids is 2. The Labute approximate surface area is 107 Å². The summed E-state index contributed by atoms with van der Waals surface area (Å²) < 4.78 is 4.89. The van der Waals surface area contributed by atoms with Crippen molar-refractivity contribution in [1.82, 2.24) is 5.32 Å². The summed E-state index contributed by atoms with van der Waals surface area (Å²) in [6, 6.07) is 8.23. The number of nitrogens with one attached hydrogen (secondary N) is 1. The molecular weight excluding hydrogens is 232 g/mol. The van der Waals surface area contributed by atoms with E-state index in [4.69, 9.17) is 4.74 Å². The van der Waals surface area contributed by atoms with E-state index in [0.717, 1.165) is 11.3 Å². The SMILES string of the molecule is CCCNC(=O)N(C(=O)OCC)c1ccccc1. The summed E-state index contributed by atoms with van der Waals surface area (Å²) in [5.74, 6) is 0. The van der Waals surface area contributed by atoms with Crippen LogP contribution in [0.1, 0.15) is 20.3 Å². The third-order valence-corrected chi connectivity index (χ3v) is 2.19. The Morgan fingerprint density at radius 2 is 1.89 bits per heavy atom. The van der Waals surface area contributed by atoms with Gasteiger partial charge in [0.25, 0.3) is 0 Å². The number of amides is 3. The van der Waals surface area contributed by atoms with Crippen molar-refractivity contribution in [3.8, 4) is 0 Å². The molecule has 0 aliphatic rings. The molecule has 5 heteroatoms. The molecule has 1 aromatic rings. The van der Waals surface area contributed by atoms with Crippen molar-refractivity contribution in [2.45, 2.75) is 20.3 Å². The molecule has 0 saturated heterocycles. The number of benzene rings is 1. The molecule has 0 atom stereocenters. The first kappa shape index (κ1) is 14.0. The first-order valence-electron chi connectivity index (χ1n) is 6.00. The molecule has 98 valence electrons. The van der Waals surface area contributed by atoms with Crippen molar-refractivity contribution in [1.29, 1.82) is 0 Å². The lowest BCUT2D eigenvalue weighted by Crippen LogP contribution is -2.44. The van der Waals surface area contributed by atoms with Gasteiger partial charge in [0.2, 0.25) is 0 Å². The Hall–Kier alpha value is -2.04. The molecule has 0 heterocycles. The van der Waals surface area contributed by atoms with Crippen molar-refractivity contribution in [3.63, 3.8) is 0 Å². The average Bonchev–Trinajstić information content (AvgIpc) is 2.38. The summed E-state index contributed by atoms with van der Waals surface area (Å²) in [6.45, 7) is 4.38. The lowest BCUT2D eigenvalue weighted by atomic mass is 10.3. The minimum Gasteiger partial charge on any atom is -0.449 e. The molecule has 0 unspecified atom stereocenters. The first-order valence-corrected chi connectivity index (χ1v) is 6.00. The van der Waals surface area contributed by atoms with E-state index in [-0.39, 0.29) is 6.61 Å². The number of urea groups is 1. The fraction of sp³-hybridized carbons (Fsp3) is 0.385. The van der Waals surface area contributed by atoms with Crippen LogP contribution in [0.3, 0.4) is 0 Å². The van der Waals surface area contributed by atoms with E-state index in [0.29, 0.717) is 12.2 Å². The van der Waals surface area contributed by atoms with Crippen LogP contribution >= 0.6 is 0 Å². The van der Waals surface area contributed by atoms with E-state index >= 15 is 0 Å². The summed E-state index contributed by atoms with van der Waals surface area (Å²) in [7, 11) is 0. The second-order valence-corrected chi connectivity index (χ2v) is 3.60. The van der Waals surface area contributed by atoms with Crippen LogP contribution in [0.5, 0.6) is 0 Å². The number of ether oxygens (including phenoxy) is 1. The maximum absolute atomic E-state index is 11.9. The lowest BCUT2D eigenvalue weighted by molar-refractivity contribution is 0.160. The van der Waals surface area contributed by atoms with E-state index in [9.17, 15) is 9.59 Å². The van der Waals surface area contributed by atoms with E-state index in [2.05, 4.69) is 5.32 Å². The predicted octanol–water partition coefficient (Wildman–Crippen LogP) is 2.77. The molecular formula is C13H18N2O3. The number of hydrogen-bond donors (Lipinski definition) is 1. The number of imide groups is 1. The average molecular weight is 250 g/mol. The van der Waals surface area contributed by atoms with Gasteiger partial charge in [-0.05, 0) is 25.5 Å². The van der Waals surface area contributed by atoms with Gasteiger partial charge in [0.15, 0.2) is 0 Å². The summed E-state index contributed by atoms with van der Waals surface area (Å²) in [4.78, 5) is 24.7. The minimum absolute atomic E-state index is 0.225. The Morgan fingerprint density at radius 3 is 2.44 bits per heavy atom. The largest absolute Gasteiger partial charge is 0.449 e. The highest BCUT2D eigenvalue weighted by Crippen LogP contribution is 2.14. The van der Waals surface area contributed by atoms with E-state index < -0.39 is 12.1 Å². The van der Waals surface area contributed by atoms with E-state index in [1.807, 2.05) is 13.0 Å². The molecule has 1 rings (SSSR count). The van der Waals surface area contributed by atoms with E-state index in [1.165, 1.54) is 0 Å². The van der Waals surface area contributed by atoms with Crippen LogP contribution in [-0.2, 0) is 4.74 Å². The highest BCUT2D eigenvalue weighted by atomic mass is 16.6. The Morgan fingerprint density at radius 1 is 1.22 bits per heavy atom. The van der Waals surface area contributed by atoms with Gasteiger partial charge in [-0.1, -0.05) is 25.1 Å². The van der Waals surface area contributed by atoms with Crippen molar-refractivity contribution < 1.29 is 14.3 Å². The minimum atomic E-state index is -0.669. The predicted molar refractivity (Wildman–Crippen MR) is 69.6 cm³/mol. The van der Waals surface area contributed by atoms with Gasteiger partial charge >= 0.3 is 12.1 Å². The number of rotatable bonds is 4. The summed E-state index contributed by atoms with van der Waals surface area (Å²) in [5, 5.41) is 2.66. The van der Waals surface area contributed by atoms with E-state index in [1.54, 1.807) is 31.2 Å². The summed E-state index contributed by atoms with van der Waals surface area (Å²) in [6.07, 6.45) is 0.134. The van der Waals surface area contributed by atoms with Crippen molar-refractivity contribution in [3.05, 3.63) is 30.3 Å². The van der Waals surface area contributed by atoms with Crippen LogP contribution in [0.2, 0.25) is 0 Å². The molecule has 1 N–H and O–H groups in total. The van der Waals surface area contributed by atoms with Gasteiger partial charge in [0.1, 0.15) is 0 Å². The third-order valence-electron chi connectivity index (χ3n) is 2.19. The van der Waals surface area contributed by atoms with Crippen molar-refractivity contribution >= 4 is 17.8 Å². The van der Waals surface area contributed by atoms with Crippen LogP contribution in [0.25, 0.3) is 0 Å². The van der Waals surface area contributed by atoms with Crippen LogP contribution < -0.4 is 10.2 Å². The number of para-hydroxylation sites is 1. The maximum atomic E-state index is 11.9. The fourth-order valence-electron chi connectivity index (χ4n) is 1.38. The molecule has 3 amide bonds. The molecule has 5 nitrogen and oxygen atoms in total. The topological polar surface area (TPSA) is 58.6 Å². The van der Waals surface area contributed by atoms with Gasteiger partial charge in [-0.3, -0.25) is 0 Å². The number of carbonyl (C=O) groups is 2. The molecule has 18 heavy (non-hydrogen) atoms. The Balaban J connectivity index is 2.88. The van der Waals surface area contributed by atoms with Gasteiger partial charge in [-0.2, -0.15) is 4.90 Å². The molecule has 1 aromatic carbocycles. The highest BCUT2D eigenvalue weighted by Gasteiger charge is 2.23. The molecule has 0 radical (unpaired) electrons. The molecule has 0 fully saturated rings. The second-order valence-electron chi connectivity index (χ2n) is 3.60. The zero-order chi connectivity index (χ0) is 13.4. The number of nitrogens with zero attached hydrogens (tertiary/aromatic N) is 1. The maximum Gasteiger partial charge on any atom is 0.422 e. The monoisotopic (exact) mass is 250 g/mol. The highest BCUT2D eigenvalue weighted by molar-refractivity contribution is 6.11. The molecule has 0 aliphatic carbocycles. The zero-order valence-electron chi connectivity index (χ0n) is 10.7. The third kappa shape index (κ3) is 3.76. The van der Waals surface area contributed by atoms with Crippen LogP contribution in [0.4, 0.5) is 15.3 Å². The number of anilines is 1. The van der Waals surface area contributed by atoms with Crippen LogP contribution in [0.15, 0.2) is 30.3 Å². The van der Waals surface area contributed by atoms with Crippen molar-refractivity contribution in [2.75, 3.05) is 18.1 Å². The van der Waals surface area contributed by atoms with Gasteiger partial charge in [-0.25, -0.2) is 9.59 Å². The fourth-order valence-corrected chi connectivity index (χ4v) is 1.38. The van der Waals surface area contributed by atoms with Gasteiger partial charge < -0.3 is 10.1 Å². The first-order chi connectivity index (χ1) is 8.70. The quantitative estimate of drug-likeness (QED) is 0.893. The second kappa shape index (κ2) is 7.32. The molecule has 0 spiro atoms. The van der Waals surface area contributed by atoms with Gasteiger partial charge in [0.05, 0.1) is 12.3 Å². The molecule has 0 saturated carbocycles. The Bertz CT molecular complexity index is 392. The molecule has 0 bridgehead atoms. The normalized spacial score (nSPS) is 9.67. The molecule has 0 aromatic heterocycles.